The van der Waals surface area contributed by atoms with Gasteiger partial charge in [-0.15, -0.1) is 0 Å². The minimum absolute atomic E-state index is 0.430. The van der Waals surface area contributed by atoms with Crippen LogP contribution in [0.15, 0.2) is 12.1 Å². The van der Waals surface area contributed by atoms with Crippen LogP contribution in [0.3, 0.4) is 0 Å². The Labute approximate surface area is 100 Å². The van der Waals surface area contributed by atoms with Gasteiger partial charge in [-0.2, -0.15) is 0 Å². The molecule has 1 atom stereocenters. The van der Waals surface area contributed by atoms with E-state index < -0.39 is 6.10 Å². The number of ether oxygens (including phenoxy) is 2. The molecule has 0 aliphatic heterocycles. The van der Waals surface area contributed by atoms with Gasteiger partial charge >= 0.3 is 0 Å². The van der Waals surface area contributed by atoms with Crippen LogP contribution in [-0.4, -0.2) is 32.0 Å². The second-order valence-electron chi connectivity index (χ2n) is 3.42. The zero-order chi connectivity index (χ0) is 12.1. The maximum atomic E-state index is 9.19. The molecule has 4 nitrogen and oxygen atoms in total. The number of halogens is 1. The molecule has 0 spiro atoms. The van der Waals surface area contributed by atoms with Crippen molar-refractivity contribution in [2.24, 2.45) is 0 Å². The predicted molar refractivity (Wildman–Crippen MR) is 64.7 cm³/mol. The summed E-state index contributed by atoms with van der Waals surface area (Å²) in [7, 11) is 3.11. The highest BCUT2D eigenvalue weighted by Crippen LogP contribution is 2.35. The summed E-state index contributed by atoms with van der Waals surface area (Å²) in [6.45, 7) is 2.13. The van der Waals surface area contributed by atoms with Crippen LogP contribution in [0, 0.1) is 0 Å². The minimum Gasteiger partial charge on any atom is -0.495 e. The van der Waals surface area contributed by atoms with Crippen molar-refractivity contribution in [2.45, 2.75) is 13.0 Å². The molecule has 1 rings (SSSR count). The third-order valence-electron chi connectivity index (χ3n) is 2.06. The van der Waals surface area contributed by atoms with Crippen molar-refractivity contribution < 1.29 is 14.6 Å². The van der Waals surface area contributed by atoms with Crippen LogP contribution >= 0.6 is 11.6 Å². The molecule has 0 radical (unpaired) electrons. The number of hydrogen-bond acceptors (Lipinski definition) is 4. The van der Waals surface area contributed by atoms with E-state index in [-0.39, 0.29) is 0 Å². The molecular formula is C11H16ClNO3. The van der Waals surface area contributed by atoms with E-state index >= 15 is 0 Å². The summed E-state index contributed by atoms with van der Waals surface area (Å²) in [5, 5.41) is 12.7. The van der Waals surface area contributed by atoms with Gasteiger partial charge < -0.3 is 19.9 Å². The van der Waals surface area contributed by atoms with Gasteiger partial charge in [-0.25, -0.2) is 0 Å². The van der Waals surface area contributed by atoms with Gasteiger partial charge in [-0.1, -0.05) is 11.6 Å². The van der Waals surface area contributed by atoms with Crippen molar-refractivity contribution in [3.05, 3.63) is 17.2 Å². The van der Waals surface area contributed by atoms with Crippen molar-refractivity contribution in [1.29, 1.82) is 0 Å². The average molecular weight is 246 g/mol. The SMILES string of the molecule is COc1cc(OC)c(NCC(C)O)cc1Cl. The number of nitrogens with one attached hydrogen (secondary N) is 1. The first-order valence-corrected chi connectivity index (χ1v) is 5.29. The monoisotopic (exact) mass is 245 g/mol. The molecule has 0 bridgehead atoms. The van der Waals surface area contributed by atoms with E-state index in [1.54, 1.807) is 33.3 Å². The highest BCUT2D eigenvalue weighted by Gasteiger charge is 2.09. The van der Waals surface area contributed by atoms with Gasteiger partial charge in [-0.3, -0.25) is 0 Å². The van der Waals surface area contributed by atoms with Gasteiger partial charge in [-0.05, 0) is 13.0 Å². The van der Waals surface area contributed by atoms with Gasteiger partial charge in [0.05, 0.1) is 31.0 Å². The van der Waals surface area contributed by atoms with Gasteiger partial charge in [0.2, 0.25) is 0 Å². The predicted octanol–water partition coefficient (Wildman–Crippen LogP) is 2.15. The van der Waals surface area contributed by atoms with Gasteiger partial charge in [0.1, 0.15) is 11.5 Å². The van der Waals surface area contributed by atoms with Crippen LogP contribution in [0.4, 0.5) is 5.69 Å². The third-order valence-corrected chi connectivity index (χ3v) is 2.36. The summed E-state index contributed by atoms with van der Waals surface area (Å²) < 4.78 is 10.3. The molecule has 0 fully saturated rings. The number of aliphatic hydroxyl groups is 1. The first-order chi connectivity index (χ1) is 7.58. The van der Waals surface area contributed by atoms with E-state index in [1.807, 2.05) is 0 Å². The molecule has 0 aliphatic rings. The van der Waals surface area contributed by atoms with E-state index in [0.29, 0.717) is 23.1 Å². The second-order valence-corrected chi connectivity index (χ2v) is 3.82. The van der Waals surface area contributed by atoms with Crippen LogP contribution in [0.1, 0.15) is 6.92 Å². The molecular weight excluding hydrogens is 230 g/mol. The van der Waals surface area contributed by atoms with Crippen LogP contribution in [0.5, 0.6) is 11.5 Å². The van der Waals surface area contributed by atoms with Crippen LogP contribution in [0.25, 0.3) is 0 Å². The quantitative estimate of drug-likeness (QED) is 0.835. The zero-order valence-electron chi connectivity index (χ0n) is 9.58. The van der Waals surface area contributed by atoms with Gasteiger partial charge in [0.25, 0.3) is 0 Å². The summed E-state index contributed by atoms with van der Waals surface area (Å²) in [4.78, 5) is 0. The topological polar surface area (TPSA) is 50.7 Å². The molecule has 0 aliphatic carbocycles. The average Bonchev–Trinajstić information content (AvgIpc) is 2.26. The van der Waals surface area contributed by atoms with Crippen molar-refractivity contribution in [3.63, 3.8) is 0 Å². The normalized spacial score (nSPS) is 12.1. The Bertz CT molecular complexity index is 355. The highest BCUT2D eigenvalue weighted by atomic mass is 35.5. The molecule has 90 valence electrons. The molecule has 1 aromatic carbocycles. The Hall–Kier alpha value is -1.13. The molecule has 0 saturated heterocycles. The molecule has 2 N–H and O–H groups in total. The fourth-order valence-electron chi connectivity index (χ4n) is 1.26. The van der Waals surface area contributed by atoms with Crippen LogP contribution in [-0.2, 0) is 0 Å². The number of rotatable bonds is 5. The van der Waals surface area contributed by atoms with Crippen molar-refractivity contribution in [3.8, 4) is 11.5 Å². The number of benzene rings is 1. The van der Waals surface area contributed by atoms with Crippen molar-refractivity contribution in [1.82, 2.24) is 0 Å². The van der Waals surface area contributed by atoms with Crippen LogP contribution < -0.4 is 14.8 Å². The number of methoxy groups -OCH3 is 2. The summed E-state index contributed by atoms with van der Waals surface area (Å²) in [6, 6.07) is 3.41. The van der Waals surface area contributed by atoms with E-state index in [9.17, 15) is 5.11 Å². The molecule has 0 saturated carbocycles. The summed E-state index contributed by atoms with van der Waals surface area (Å²) >= 11 is 5.99. The molecule has 5 heteroatoms. The Morgan fingerprint density at radius 1 is 1.31 bits per heavy atom. The molecule has 16 heavy (non-hydrogen) atoms. The Kier molecular flexibility index (Phi) is 4.71. The summed E-state index contributed by atoms with van der Waals surface area (Å²) in [6.07, 6.45) is -0.439. The largest absolute Gasteiger partial charge is 0.495 e. The Morgan fingerprint density at radius 2 is 1.94 bits per heavy atom. The third kappa shape index (κ3) is 3.18. The number of aliphatic hydroxyl groups excluding tert-OH is 1. The lowest BCUT2D eigenvalue weighted by atomic mass is 10.2. The molecule has 1 aromatic rings. The summed E-state index contributed by atoms with van der Waals surface area (Å²) in [5.41, 5.74) is 0.731. The summed E-state index contributed by atoms with van der Waals surface area (Å²) in [5.74, 6) is 1.18. The zero-order valence-corrected chi connectivity index (χ0v) is 10.3. The molecule has 0 amide bonds. The van der Waals surface area contributed by atoms with Crippen LogP contribution in [0.2, 0.25) is 5.02 Å². The smallest absolute Gasteiger partial charge is 0.145 e. The molecule has 0 aromatic heterocycles. The highest BCUT2D eigenvalue weighted by molar-refractivity contribution is 6.32. The Morgan fingerprint density at radius 3 is 2.44 bits per heavy atom. The van der Waals surface area contributed by atoms with Crippen molar-refractivity contribution in [2.75, 3.05) is 26.1 Å². The van der Waals surface area contributed by atoms with E-state index in [2.05, 4.69) is 5.32 Å². The first-order valence-electron chi connectivity index (χ1n) is 4.92. The van der Waals surface area contributed by atoms with E-state index in [0.717, 1.165) is 5.69 Å². The fourth-order valence-corrected chi connectivity index (χ4v) is 1.50. The van der Waals surface area contributed by atoms with Gasteiger partial charge in [0, 0.05) is 12.6 Å². The standard InChI is InChI=1S/C11H16ClNO3/c1-7(14)6-13-9-4-8(12)10(15-2)5-11(9)16-3/h4-5,7,13-14H,6H2,1-3H3. The van der Waals surface area contributed by atoms with Gasteiger partial charge in [0.15, 0.2) is 0 Å². The van der Waals surface area contributed by atoms with Crippen molar-refractivity contribution >= 4 is 17.3 Å². The Balaban J connectivity index is 2.94. The first kappa shape index (κ1) is 12.9. The lowest BCUT2D eigenvalue weighted by Gasteiger charge is -2.14. The lowest BCUT2D eigenvalue weighted by Crippen LogP contribution is -2.15. The number of anilines is 1. The lowest BCUT2D eigenvalue weighted by molar-refractivity contribution is 0.208. The van der Waals surface area contributed by atoms with E-state index in [4.69, 9.17) is 21.1 Å². The maximum Gasteiger partial charge on any atom is 0.145 e. The minimum atomic E-state index is -0.439. The second kappa shape index (κ2) is 5.82. The fraction of sp³-hybridized carbons (Fsp3) is 0.455. The number of hydrogen-bond donors (Lipinski definition) is 2. The maximum absolute atomic E-state index is 9.19. The molecule has 0 heterocycles. The van der Waals surface area contributed by atoms with E-state index in [1.165, 1.54) is 0 Å². The molecule has 1 unspecified atom stereocenters.